The average molecular weight is 346 g/mol. The number of nitrogens with one attached hydrogen (secondary N) is 1. The van der Waals surface area contributed by atoms with Gasteiger partial charge in [0.05, 0.1) is 5.71 Å². The van der Waals surface area contributed by atoms with Gasteiger partial charge >= 0.3 is 0 Å². The van der Waals surface area contributed by atoms with E-state index in [-0.39, 0.29) is 0 Å². The van der Waals surface area contributed by atoms with Crippen LogP contribution in [0.3, 0.4) is 0 Å². The highest BCUT2D eigenvalue weighted by atomic mass is 15.2. The summed E-state index contributed by atoms with van der Waals surface area (Å²) in [5.74, 6) is 0. The molecule has 4 heteroatoms. The molecule has 0 saturated carbocycles. The van der Waals surface area contributed by atoms with Crippen LogP contribution in [0.15, 0.2) is 59.4 Å². The molecule has 1 fully saturated rings. The Kier molecular flexibility index (Phi) is 5.12. The Morgan fingerprint density at radius 2 is 2.08 bits per heavy atom. The molecule has 2 aromatic rings. The Morgan fingerprint density at radius 3 is 2.85 bits per heavy atom. The number of piperazine rings is 1. The van der Waals surface area contributed by atoms with E-state index in [4.69, 9.17) is 4.99 Å². The molecule has 0 radical (unpaired) electrons. The molecular weight excluding hydrogens is 320 g/mol. The van der Waals surface area contributed by atoms with E-state index in [9.17, 15) is 0 Å². The molecule has 0 amide bonds. The molecule has 2 aliphatic heterocycles. The van der Waals surface area contributed by atoms with Crippen LogP contribution in [0.2, 0.25) is 0 Å². The number of rotatable bonds is 3. The van der Waals surface area contributed by atoms with Crippen molar-refractivity contribution in [2.24, 2.45) is 4.99 Å². The second-order valence-electron chi connectivity index (χ2n) is 7.08. The number of aliphatic imine (C=N–C) groups is 1. The molecule has 1 atom stereocenters. The van der Waals surface area contributed by atoms with Crippen molar-refractivity contribution in [3.8, 4) is 0 Å². The average Bonchev–Trinajstić information content (AvgIpc) is 2.70. The van der Waals surface area contributed by atoms with Gasteiger partial charge in [0.25, 0.3) is 0 Å². The molecule has 1 aromatic carbocycles. The Labute approximate surface area is 155 Å². The number of hydrogen-bond acceptors (Lipinski definition) is 4. The van der Waals surface area contributed by atoms with E-state index >= 15 is 0 Å². The summed E-state index contributed by atoms with van der Waals surface area (Å²) in [6.07, 6.45) is 8.20. The monoisotopic (exact) mass is 346 g/mol. The molecule has 1 N–H and O–H groups in total. The maximum absolute atomic E-state index is 4.77. The lowest BCUT2D eigenvalue weighted by atomic mass is 9.95. The van der Waals surface area contributed by atoms with E-state index in [0.717, 1.165) is 50.3 Å². The highest BCUT2D eigenvalue weighted by Gasteiger charge is 2.18. The molecular formula is C22H26N4. The number of aromatic nitrogens is 1. The van der Waals surface area contributed by atoms with Gasteiger partial charge in [-0.15, -0.1) is 0 Å². The lowest BCUT2D eigenvalue weighted by Gasteiger charge is -2.36. The van der Waals surface area contributed by atoms with Gasteiger partial charge in [0.2, 0.25) is 0 Å². The summed E-state index contributed by atoms with van der Waals surface area (Å²) in [6, 6.07) is 13.6. The number of allylic oxidation sites excluding steroid dienone is 1. The minimum Gasteiger partial charge on any atom is -0.366 e. The van der Waals surface area contributed by atoms with Gasteiger partial charge in [-0.3, -0.25) is 9.98 Å². The lowest BCUT2D eigenvalue weighted by molar-refractivity contribution is 0.501. The van der Waals surface area contributed by atoms with Crippen molar-refractivity contribution >= 4 is 17.5 Å². The Morgan fingerprint density at radius 1 is 1.19 bits per heavy atom. The topological polar surface area (TPSA) is 40.5 Å². The van der Waals surface area contributed by atoms with E-state index in [1.807, 2.05) is 18.5 Å². The number of nitrogens with zero attached hydrogens (tertiary/aromatic N) is 3. The van der Waals surface area contributed by atoms with Crippen molar-refractivity contribution in [3.05, 3.63) is 65.5 Å². The summed E-state index contributed by atoms with van der Waals surface area (Å²) < 4.78 is 0. The quantitative estimate of drug-likeness (QED) is 0.924. The third-order valence-electron chi connectivity index (χ3n) is 5.18. The van der Waals surface area contributed by atoms with Crippen LogP contribution in [0.5, 0.6) is 0 Å². The van der Waals surface area contributed by atoms with Crippen molar-refractivity contribution in [3.63, 3.8) is 0 Å². The van der Waals surface area contributed by atoms with Crippen molar-refractivity contribution in [1.82, 2.24) is 10.3 Å². The first-order valence-corrected chi connectivity index (χ1v) is 9.54. The van der Waals surface area contributed by atoms with Crippen LogP contribution in [-0.4, -0.2) is 42.9 Å². The second-order valence-corrected chi connectivity index (χ2v) is 7.08. The van der Waals surface area contributed by atoms with Crippen molar-refractivity contribution in [1.29, 1.82) is 0 Å². The van der Waals surface area contributed by atoms with Crippen LogP contribution in [0.4, 0.5) is 5.69 Å². The van der Waals surface area contributed by atoms with Gasteiger partial charge in [0.1, 0.15) is 0 Å². The summed E-state index contributed by atoms with van der Waals surface area (Å²) in [5, 5.41) is 3.45. The first kappa shape index (κ1) is 17.0. The maximum atomic E-state index is 4.77. The van der Waals surface area contributed by atoms with E-state index in [2.05, 4.69) is 58.5 Å². The number of pyridine rings is 1. The minimum absolute atomic E-state index is 0.538. The van der Waals surface area contributed by atoms with Crippen molar-refractivity contribution in [2.75, 3.05) is 31.1 Å². The zero-order valence-corrected chi connectivity index (χ0v) is 15.4. The van der Waals surface area contributed by atoms with Gasteiger partial charge in [-0.25, -0.2) is 0 Å². The van der Waals surface area contributed by atoms with Gasteiger partial charge in [-0.05, 0) is 61.2 Å². The summed E-state index contributed by atoms with van der Waals surface area (Å²) in [7, 11) is 0. The molecule has 1 unspecified atom stereocenters. The molecule has 134 valence electrons. The van der Waals surface area contributed by atoms with Crippen molar-refractivity contribution in [2.45, 2.75) is 25.8 Å². The standard InChI is InChI=1S/C22H26N4/c1-17-15-24-12-13-26(17)21-8-6-18(7-9-21)14-19-4-3-11-25-22(19)20-5-2-10-23-16-20/h2,5-10,14,16-17,24H,3-4,11-13,15H2,1H3. The summed E-state index contributed by atoms with van der Waals surface area (Å²) in [6.45, 7) is 6.36. The van der Waals surface area contributed by atoms with Gasteiger partial charge in [-0.1, -0.05) is 12.1 Å². The van der Waals surface area contributed by atoms with E-state index in [0.29, 0.717) is 6.04 Å². The first-order valence-electron chi connectivity index (χ1n) is 9.54. The zero-order chi connectivity index (χ0) is 17.8. The van der Waals surface area contributed by atoms with Crippen LogP contribution >= 0.6 is 0 Å². The molecule has 4 nitrogen and oxygen atoms in total. The third kappa shape index (κ3) is 3.70. The highest BCUT2D eigenvalue weighted by Crippen LogP contribution is 2.24. The first-order chi connectivity index (χ1) is 12.8. The predicted octanol–water partition coefficient (Wildman–Crippen LogP) is 3.55. The number of anilines is 1. The van der Waals surface area contributed by atoms with Gasteiger partial charge in [-0.2, -0.15) is 0 Å². The SMILES string of the molecule is CC1CNCCN1c1ccc(C=C2CCCN=C2c2cccnc2)cc1. The molecule has 26 heavy (non-hydrogen) atoms. The van der Waals surface area contributed by atoms with Crippen molar-refractivity contribution < 1.29 is 0 Å². The fourth-order valence-corrected chi connectivity index (χ4v) is 3.79. The van der Waals surface area contributed by atoms with E-state index < -0.39 is 0 Å². The van der Waals surface area contributed by atoms with Gasteiger partial charge < -0.3 is 10.2 Å². The molecule has 2 aliphatic rings. The Balaban J connectivity index is 1.57. The molecule has 1 saturated heterocycles. The largest absolute Gasteiger partial charge is 0.366 e. The van der Waals surface area contributed by atoms with Crippen LogP contribution in [0.25, 0.3) is 6.08 Å². The molecule has 0 bridgehead atoms. The van der Waals surface area contributed by atoms with Crippen LogP contribution in [0.1, 0.15) is 30.9 Å². The molecule has 0 aliphatic carbocycles. The lowest BCUT2D eigenvalue weighted by Crippen LogP contribution is -2.49. The fourth-order valence-electron chi connectivity index (χ4n) is 3.79. The number of benzene rings is 1. The van der Waals surface area contributed by atoms with E-state index in [1.54, 1.807) is 0 Å². The normalized spacial score (nSPS) is 22.3. The van der Waals surface area contributed by atoms with Gasteiger partial charge in [0, 0.05) is 55.9 Å². The number of hydrogen-bond donors (Lipinski definition) is 1. The summed E-state index contributed by atoms with van der Waals surface area (Å²) >= 11 is 0. The summed E-state index contributed by atoms with van der Waals surface area (Å²) in [5.41, 5.74) is 6.08. The summed E-state index contributed by atoms with van der Waals surface area (Å²) in [4.78, 5) is 11.5. The molecule has 0 spiro atoms. The van der Waals surface area contributed by atoms with Crippen LogP contribution < -0.4 is 10.2 Å². The van der Waals surface area contributed by atoms with E-state index in [1.165, 1.54) is 16.8 Å². The maximum Gasteiger partial charge on any atom is 0.0694 e. The van der Waals surface area contributed by atoms with Crippen LogP contribution in [0, 0.1) is 0 Å². The zero-order valence-electron chi connectivity index (χ0n) is 15.4. The predicted molar refractivity (Wildman–Crippen MR) is 109 cm³/mol. The molecule has 4 rings (SSSR count). The smallest absolute Gasteiger partial charge is 0.0694 e. The van der Waals surface area contributed by atoms with Crippen LogP contribution in [-0.2, 0) is 0 Å². The molecule has 3 heterocycles. The minimum atomic E-state index is 0.538. The second kappa shape index (κ2) is 7.83. The third-order valence-corrected chi connectivity index (χ3v) is 5.18. The highest BCUT2D eigenvalue weighted by molar-refractivity contribution is 6.15. The Hall–Kier alpha value is -2.46. The van der Waals surface area contributed by atoms with Gasteiger partial charge in [0.15, 0.2) is 0 Å². The fraction of sp³-hybridized carbons (Fsp3) is 0.364. The Bertz CT molecular complexity index is 793. The molecule has 1 aromatic heterocycles.